The number of thiazole rings is 1. The van der Waals surface area contributed by atoms with Crippen LogP contribution in [0.15, 0.2) is 53.3 Å². The van der Waals surface area contributed by atoms with Crippen LogP contribution in [0.25, 0.3) is 22.0 Å². The van der Waals surface area contributed by atoms with Crippen LogP contribution < -0.4 is 9.47 Å². The van der Waals surface area contributed by atoms with E-state index in [1.807, 2.05) is 17.5 Å². The molecule has 0 spiro atoms. The van der Waals surface area contributed by atoms with Crippen molar-refractivity contribution in [1.29, 1.82) is 0 Å². The van der Waals surface area contributed by atoms with Gasteiger partial charge in [0.2, 0.25) is 0 Å². The van der Waals surface area contributed by atoms with Gasteiger partial charge in [-0.05, 0) is 24.3 Å². The lowest BCUT2D eigenvalue weighted by Gasteiger charge is -2.12. The predicted molar refractivity (Wildman–Crippen MR) is 120 cm³/mol. The SMILES string of the molecule is COc1ccc(-c2nc(CSc3nnc(-c4ccncc4)n3CC(F)(F)F)cs2)c(OC)c1. The molecule has 7 nitrogen and oxygen atoms in total. The molecule has 0 bridgehead atoms. The number of thioether (sulfide) groups is 1. The molecule has 0 radical (unpaired) electrons. The quantitative estimate of drug-likeness (QED) is 0.307. The fourth-order valence-corrected chi connectivity index (χ4v) is 4.83. The molecule has 0 fully saturated rings. The van der Waals surface area contributed by atoms with Crippen molar-refractivity contribution in [3.63, 3.8) is 0 Å². The van der Waals surface area contributed by atoms with Crippen LogP contribution in [-0.2, 0) is 12.3 Å². The van der Waals surface area contributed by atoms with Crippen molar-refractivity contribution in [2.45, 2.75) is 23.6 Å². The predicted octanol–water partition coefficient (Wildman–Crippen LogP) is 5.34. The number of aromatic nitrogens is 5. The third-order valence-electron chi connectivity index (χ3n) is 4.53. The number of methoxy groups -OCH3 is 2. The van der Waals surface area contributed by atoms with Crippen LogP contribution in [0.5, 0.6) is 11.5 Å². The Morgan fingerprint density at radius 1 is 1.06 bits per heavy atom. The lowest BCUT2D eigenvalue weighted by atomic mass is 10.2. The van der Waals surface area contributed by atoms with Gasteiger partial charge in [0.15, 0.2) is 11.0 Å². The van der Waals surface area contributed by atoms with E-state index < -0.39 is 12.7 Å². The zero-order valence-corrected chi connectivity index (χ0v) is 19.2. The topological polar surface area (TPSA) is 75.0 Å². The lowest BCUT2D eigenvalue weighted by Crippen LogP contribution is -2.19. The molecule has 3 aromatic heterocycles. The van der Waals surface area contributed by atoms with Gasteiger partial charge in [-0.25, -0.2) is 4.98 Å². The maximum Gasteiger partial charge on any atom is 0.406 e. The van der Waals surface area contributed by atoms with E-state index >= 15 is 0 Å². The van der Waals surface area contributed by atoms with Crippen molar-refractivity contribution < 1.29 is 22.6 Å². The molecule has 0 saturated heterocycles. The maximum atomic E-state index is 13.2. The smallest absolute Gasteiger partial charge is 0.406 e. The molecule has 0 aliphatic rings. The molecule has 172 valence electrons. The summed E-state index contributed by atoms with van der Waals surface area (Å²) < 4.78 is 51.5. The van der Waals surface area contributed by atoms with E-state index in [0.29, 0.717) is 28.5 Å². The van der Waals surface area contributed by atoms with Crippen molar-refractivity contribution in [3.8, 4) is 33.5 Å². The number of hydrogen-bond acceptors (Lipinski definition) is 8. The second-order valence-electron chi connectivity index (χ2n) is 6.74. The summed E-state index contributed by atoms with van der Waals surface area (Å²) in [6.07, 6.45) is -1.42. The van der Waals surface area contributed by atoms with E-state index in [1.54, 1.807) is 32.4 Å². The lowest BCUT2D eigenvalue weighted by molar-refractivity contribution is -0.141. The number of alkyl halides is 3. The number of rotatable bonds is 8. The first-order chi connectivity index (χ1) is 15.9. The first kappa shape index (κ1) is 23.1. The highest BCUT2D eigenvalue weighted by molar-refractivity contribution is 7.98. The Morgan fingerprint density at radius 2 is 1.85 bits per heavy atom. The second kappa shape index (κ2) is 9.79. The van der Waals surface area contributed by atoms with Gasteiger partial charge in [0.1, 0.15) is 23.1 Å². The van der Waals surface area contributed by atoms with Crippen molar-refractivity contribution in [2.24, 2.45) is 0 Å². The van der Waals surface area contributed by atoms with Crippen LogP contribution in [0.2, 0.25) is 0 Å². The molecule has 0 atom stereocenters. The zero-order chi connectivity index (χ0) is 23.4. The van der Waals surface area contributed by atoms with Gasteiger partial charge in [0.25, 0.3) is 0 Å². The first-order valence-electron chi connectivity index (χ1n) is 9.58. The molecular formula is C21H18F3N5O2S2. The molecule has 0 saturated carbocycles. The molecular weight excluding hydrogens is 475 g/mol. The normalized spacial score (nSPS) is 11.5. The molecule has 33 heavy (non-hydrogen) atoms. The van der Waals surface area contributed by atoms with Crippen LogP contribution in [-0.4, -0.2) is 45.1 Å². The van der Waals surface area contributed by atoms with E-state index in [1.165, 1.54) is 23.7 Å². The van der Waals surface area contributed by atoms with Gasteiger partial charge in [0.05, 0.1) is 25.5 Å². The average molecular weight is 494 g/mol. The van der Waals surface area contributed by atoms with Gasteiger partial charge < -0.3 is 9.47 Å². The second-order valence-corrected chi connectivity index (χ2v) is 8.54. The standard InChI is InChI=1S/C21H18F3N5O2S2/c1-30-15-3-4-16(17(9-15)31-2)19-26-14(10-32-19)11-33-20-28-27-18(13-5-7-25-8-6-13)29(20)12-21(22,23)24/h3-10H,11-12H2,1-2H3. The van der Waals surface area contributed by atoms with Crippen LogP contribution in [0.3, 0.4) is 0 Å². The van der Waals surface area contributed by atoms with Crippen LogP contribution >= 0.6 is 23.1 Å². The summed E-state index contributed by atoms with van der Waals surface area (Å²) in [4.78, 5) is 8.52. The molecule has 0 amide bonds. The van der Waals surface area contributed by atoms with Crippen LogP contribution in [0.4, 0.5) is 13.2 Å². The van der Waals surface area contributed by atoms with Crippen molar-refractivity contribution in [3.05, 3.63) is 53.8 Å². The fourth-order valence-electron chi connectivity index (χ4n) is 3.04. The average Bonchev–Trinajstić information content (AvgIpc) is 3.43. The third kappa shape index (κ3) is 5.45. The Labute approximate surface area is 195 Å². The highest BCUT2D eigenvalue weighted by Gasteiger charge is 2.31. The summed E-state index contributed by atoms with van der Waals surface area (Å²) in [5.74, 6) is 1.76. The Kier molecular flexibility index (Phi) is 6.84. The Morgan fingerprint density at radius 3 is 2.55 bits per heavy atom. The minimum atomic E-state index is -4.42. The number of ether oxygens (including phenoxy) is 2. The van der Waals surface area contributed by atoms with Crippen molar-refractivity contribution in [1.82, 2.24) is 24.7 Å². The van der Waals surface area contributed by atoms with E-state index in [-0.39, 0.29) is 11.0 Å². The summed E-state index contributed by atoms with van der Waals surface area (Å²) in [7, 11) is 3.14. The first-order valence-corrected chi connectivity index (χ1v) is 11.4. The van der Waals surface area contributed by atoms with Gasteiger partial charge in [-0.15, -0.1) is 21.5 Å². The summed E-state index contributed by atoms with van der Waals surface area (Å²) in [5, 5.41) is 10.8. The minimum absolute atomic E-state index is 0.138. The molecule has 4 rings (SSSR count). The minimum Gasteiger partial charge on any atom is -0.497 e. The molecule has 12 heteroatoms. The van der Waals surface area contributed by atoms with Gasteiger partial charge in [-0.3, -0.25) is 9.55 Å². The van der Waals surface area contributed by atoms with E-state index in [4.69, 9.17) is 9.47 Å². The van der Waals surface area contributed by atoms with Crippen molar-refractivity contribution in [2.75, 3.05) is 14.2 Å². The Balaban J connectivity index is 1.56. The summed E-state index contributed by atoms with van der Waals surface area (Å²) in [5.41, 5.74) is 2.03. The summed E-state index contributed by atoms with van der Waals surface area (Å²) >= 11 is 2.57. The largest absolute Gasteiger partial charge is 0.497 e. The number of hydrogen-bond donors (Lipinski definition) is 0. The number of halogens is 3. The molecule has 0 N–H and O–H groups in total. The summed E-state index contributed by atoms with van der Waals surface area (Å²) in [6, 6.07) is 8.63. The van der Waals surface area contributed by atoms with Gasteiger partial charge in [-0.2, -0.15) is 13.2 Å². The molecule has 3 heterocycles. The van der Waals surface area contributed by atoms with E-state index in [2.05, 4.69) is 20.2 Å². The van der Waals surface area contributed by atoms with E-state index in [0.717, 1.165) is 26.9 Å². The summed E-state index contributed by atoms with van der Waals surface area (Å²) in [6.45, 7) is -1.19. The van der Waals surface area contributed by atoms with Crippen LogP contribution in [0.1, 0.15) is 5.69 Å². The monoisotopic (exact) mass is 493 g/mol. The fraction of sp³-hybridized carbons (Fsp3) is 0.238. The van der Waals surface area contributed by atoms with Gasteiger partial charge in [0, 0.05) is 35.2 Å². The van der Waals surface area contributed by atoms with Crippen LogP contribution in [0, 0.1) is 0 Å². The number of benzene rings is 1. The zero-order valence-electron chi connectivity index (χ0n) is 17.5. The molecule has 4 aromatic rings. The molecule has 1 aromatic carbocycles. The molecule has 0 aliphatic heterocycles. The van der Waals surface area contributed by atoms with Crippen molar-refractivity contribution >= 4 is 23.1 Å². The van der Waals surface area contributed by atoms with Gasteiger partial charge in [-0.1, -0.05) is 11.8 Å². The Hall–Kier alpha value is -3.12. The number of pyridine rings is 1. The maximum absolute atomic E-state index is 13.2. The van der Waals surface area contributed by atoms with E-state index in [9.17, 15) is 13.2 Å². The molecule has 0 aliphatic carbocycles. The molecule has 0 unspecified atom stereocenters. The Bertz CT molecular complexity index is 1230. The highest BCUT2D eigenvalue weighted by Crippen LogP contribution is 2.36. The third-order valence-corrected chi connectivity index (χ3v) is 6.46. The van der Waals surface area contributed by atoms with Gasteiger partial charge >= 0.3 is 6.18 Å². The highest BCUT2D eigenvalue weighted by atomic mass is 32.2. The number of nitrogens with zero attached hydrogens (tertiary/aromatic N) is 5.